The van der Waals surface area contributed by atoms with Gasteiger partial charge in [0.15, 0.2) is 6.04 Å². The zero-order chi connectivity index (χ0) is 12.8. The first-order valence-electron chi connectivity index (χ1n) is 4.84. The van der Waals surface area contributed by atoms with Crippen LogP contribution in [0.1, 0.15) is 10.4 Å². The van der Waals surface area contributed by atoms with Gasteiger partial charge in [-0.05, 0) is 12.1 Å². The Balaban J connectivity index is 2.78. The molecule has 17 heavy (non-hydrogen) atoms. The van der Waals surface area contributed by atoms with Gasteiger partial charge in [-0.1, -0.05) is 12.1 Å². The minimum atomic E-state index is -1.20. The zero-order valence-electron chi connectivity index (χ0n) is 9.14. The second-order valence-electron chi connectivity index (χ2n) is 3.21. The van der Waals surface area contributed by atoms with E-state index in [1.165, 1.54) is 18.2 Å². The van der Waals surface area contributed by atoms with Crippen molar-refractivity contribution in [2.24, 2.45) is 0 Å². The fraction of sp³-hybridized carbons (Fsp3) is 0.273. The van der Waals surface area contributed by atoms with Gasteiger partial charge in [-0.2, -0.15) is 0 Å². The van der Waals surface area contributed by atoms with Crippen LogP contribution in [-0.4, -0.2) is 36.7 Å². The summed E-state index contributed by atoms with van der Waals surface area (Å²) in [5.41, 5.74) is -0.199. The number of benzene rings is 1. The van der Waals surface area contributed by atoms with E-state index < -0.39 is 30.3 Å². The van der Waals surface area contributed by atoms with E-state index in [9.17, 15) is 14.0 Å². The van der Waals surface area contributed by atoms with Crippen molar-refractivity contribution >= 4 is 11.9 Å². The molecule has 1 atom stereocenters. The number of hydrogen-bond donors (Lipinski definition) is 2. The third kappa shape index (κ3) is 3.25. The summed E-state index contributed by atoms with van der Waals surface area (Å²) < 4.78 is 17.6. The molecule has 0 fully saturated rings. The Kier molecular flexibility index (Phi) is 4.59. The first kappa shape index (κ1) is 13.1. The molecule has 0 aliphatic rings. The second-order valence-corrected chi connectivity index (χ2v) is 3.21. The standard InChI is InChI=1S/C11H12FNO4/c1-17-11(16)9(6-14)13-10(15)7-4-2-3-5-8(7)12/h2-5,9,14H,6H2,1H3,(H,13,15). The predicted octanol–water partition coefficient (Wildman–Crippen LogP) is 0.0894. The Morgan fingerprint density at radius 2 is 2.12 bits per heavy atom. The Hall–Kier alpha value is -1.95. The van der Waals surface area contributed by atoms with E-state index in [1.807, 2.05) is 0 Å². The van der Waals surface area contributed by atoms with Crippen molar-refractivity contribution in [1.29, 1.82) is 0 Å². The molecule has 0 aliphatic heterocycles. The summed E-state index contributed by atoms with van der Waals surface area (Å²) in [7, 11) is 1.13. The maximum atomic E-state index is 13.2. The van der Waals surface area contributed by atoms with Crippen LogP contribution in [-0.2, 0) is 9.53 Å². The van der Waals surface area contributed by atoms with E-state index in [4.69, 9.17) is 5.11 Å². The van der Waals surface area contributed by atoms with Gasteiger partial charge in [0, 0.05) is 0 Å². The summed E-state index contributed by atoms with van der Waals surface area (Å²) >= 11 is 0. The maximum Gasteiger partial charge on any atom is 0.330 e. The van der Waals surface area contributed by atoms with E-state index >= 15 is 0 Å². The number of esters is 1. The lowest BCUT2D eigenvalue weighted by Gasteiger charge is -2.13. The minimum Gasteiger partial charge on any atom is -0.467 e. The molecule has 0 saturated heterocycles. The normalized spacial score (nSPS) is 11.7. The fourth-order valence-corrected chi connectivity index (χ4v) is 1.20. The molecule has 0 saturated carbocycles. The van der Waals surface area contributed by atoms with Crippen LogP contribution in [0.15, 0.2) is 24.3 Å². The molecule has 1 aromatic rings. The van der Waals surface area contributed by atoms with Gasteiger partial charge >= 0.3 is 5.97 Å². The van der Waals surface area contributed by atoms with Crippen molar-refractivity contribution in [3.63, 3.8) is 0 Å². The second kappa shape index (κ2) is 5.95. The molecule has 0 radical (unpaired) electrons. The first-order chi connectivity index (χ1) is 8.10. The molecule has 1 amide bonds. The molecule has 5 nitrogen and oxygen atoms in total. The highest BCUT2D eigenvalue weighted by molar-refractivity contribution is 5.97. The van der Waals surface area contributed by atoms with Gasteiger partial charge < -0.3 is 15.2 Å². The molecule has 92 valence electrons. The summed E-state index contributed by atoms with van der Waals surface area (Å²) in [4.78, 5) is 22.7. The van der Waals surface area contributed by atoms with Crippen LogP contribution < -0.4 is 5.32 Å². The van der Waals surface area contributed by atoms with Gasteiger partial charge in [0.25, 0.3) is 5.91 Å². The van der Waals surface area contributed by atoms with Crippen molar-refractivity contribution in [1.82, 2.24) is 5.32 Å². The van der Waals surface area contributed by atoms with Crippen molar-refractivity contribution in [2.45, 2.75) is 6.04 Å². The lowest BCUT2D eigenvalue weighted by molar-refractivity contribution is -0.143. The number of aliphatic hydroxyl groups is 1. The molecule has 1 aromatic carbocycles. The molecule has 6 heteroatoms. The first-order valence-corrected chi connectivity index (χ1v) is 4.84. The number of rotatable bonds is 4. The van der Waals surface area contributed by atoms with Crippen LogP contribution >= 0.6 is 0 Å². The van der Waals surface area contributed by atoms with E-state index in [2.05, 4.69) is 10.1 Å². The van der Waals surface area contributed by atoms with Crippen molar-refractivity contribution in [2.75, 3.05) is 13.7 Å². The molecule has 0 bridgehead atoms. The number of halogens is 1. The third-order valence-corrected chi connectivity index (χ3v) is 2.09. The number of ether oxygens (including phenoxy) is 1. The highest BCUT2D eigenvalue weighted by Gasteiger charge is 2.22. The third-order valence-electron chi connectivity index (χ3n) is 2.09. The number of carbonyl (C=O) groups excluding carboxylic acids is 2. The molecular weight excluding hydrogens is 229 g/mol. The largest absolute Gasteiger partial charge is 0.467 e. The van der Waals surface area contributed by atoms with E-state index in [0.29, 0.717) is 0 Å². The summed E-state index contributed by atoms with van der Waals surface area (Å²) in [6.07, 6.45) is 0. The summed E-state index contributed by atoms with van der Waals surface area (Å²) in [5.74, 6) is -2.28. The quantitative estimate of drug-likeness (QED) is 0.732. The smallest absolute Gasteiger partial charge is 0.330 e. The van der Waals surface area contributed by atoms with Crippen molar-refractivity contribution < 1.29 is 23.8 Å². The number of amides is 1. The average molecular weight is 241 g/mol. The Morgan fingerprint density at radius 1 is 1.47 bits per heavy atom. The van der Waals surface area contributed by atoms with E-state index in [1.54, 1.807) is 0 Å². The summed E-state index contributed by atoms with van der Waals surface area (Å²) in [6.45, 7) is -0.618. The molecule has 0 aromatic heterocycles. The minimum absolute atomic E-state index is 0.199. The Bertz CT molecular complexity index is 422. The van der Waals surface area contributed by atoms with Gasteiger partial charge in [-0.25, -0.2) is 9.18 Å². The van der Waals surface area contributed by atoms with E-state index in [-0.39, 0.29) is 5.56 Å². The number of methoxy groups -OCH3 is 1. The van der Waals surface area contributed by atoms with Crippen LogP contribution in [0, 0.1) is 5.82 Å². The van der Waals surface area contributed by atoms with Crippen LogP contribution in [0.2, 0.25) is 0 Å². The lowest BCUT2D eigenvalue weighted by Crippen LogP contribution is -2.44. The monoisotopic (exact) mass is 241 g/mol. The van der Waals surface area contributed by atoms with Gasteiger partial charge in [0.1, 0.15) is 5.82 Å². The molecule has 1 unspecified atom stereocenters. The highest BCUT2D eigenvalue weighted by Crippen LogP contribution is 2.06. The fourth-order valence-electron chi connectivity index (χ4n) is 1.20. The van der Waals surface area contributed by atoms with Gasteiger partial charge in [-0.3, -0.25) is 4.79 Å². The van der Waals surface area contributed by atoms with Crippen LogP contribution in [0.5, 0.6) is 0 Å². The molecular formula is C11H12FNO4. The van der Waals surface area contributed by atoms with Gasteiger partial charge in [-0.15, -0.1) is 0 Å². The Labute approximate surface area is 97.2 Å². The van der Waals surface area contributed by atoms with Crippen LogP contribution in [0.3, 0.4) is 0 Å². The van der Waals surface area contributed by atoms with Crippen molar-refractivity contribution in [3.05, 3.63) is 35.6 Å². The highest BCUT2D eigenvalue weighted by atomic mass is 19.1. The molecule has 0 aliphatic carbocycles. The predicted molar refractivity (Wildman–Crippen MR) is 56.8 cm³/mol. The molecule has 0 heterocycles. The number of aliphatic hydroxyl groups excluding tert-OH is 1. The van der Waals surface area contributed by atoms with Crippen LogP contribution in [0.4, 0.5) is 4.39 Å². The van der Waals surface area contributed by atoms with Gasteiger partial charge in [0.2, 0.25) is 0 Å². The van der Waals surface area contributed by atoms with Crippen molar-refractivity contribution in [3.8, 4) is 0 Å². The molecule has 0 spiro atoms. The summed E-state index contributed by atoms with van der Waals surface area (Å²) in [6, 6.07) is 4.13. The average Bonchev–Trinajstić information content (AvgIpc) is 2.35. The number of carbonyl (C=O) groups is 2. The zero-order valence-corrected chi connectivity index (χ0v) is 9.14. The molecule has 2 N–H and O–H groups in total. The van der Waals surface area contributed by atoms with Gasteiger partial charge in [0.05, 0.1) is 19.3 Å². The summed E-state index contributed by atoms with van der Waals surface area (Å²) in [5, 5.41) is 11.1. The SMILES string of the molecule is COC(=O)C(CO)NC(=O)c1ccccc1F. The number of nitrogens with one attached hydrogen (secondary N) is 1. The Morgan fingerprint density at radius 3 is 2.65 bits per heavy atom. The topological polar surface area (TPSA) is 75.6 Å². The lowest BCUT2D eigenvalue weighted by atomic mass is 10.2. The molecule has 1 rings (SSSR count). The maximum absolute atomic E-state index is 13.2. The van der Waals surface area contributed by atoms with E-state index in [0.717, 1.165) is 13.2 Å². The van der Waals surface area contributed by atoms with Crippen LogP contribution in [0.25, 0.3) is 0 Å². The number of hydrogen-bond acceptors (Lipinski definition) is 4.